The Labute approximate surface area is 126 Å². The van der Waals surface area contributed by atoms with Crippen LogP contribution in [-0.2, 0) is 19.2 Å². The Kier molecular flexibility index (Phi) is 9.13. The Morgan fingerprint density at radius 2 is 1.86 bits per heavy atom. The first-order chi connectivity index (χ1) is 9.77. The van der Waals surface area contributed by atoms with E-state index in [-0.39, 0.29) is 6.42 Å². The quantitative estimate of drug-likeness (QED) is 0.300. The van der Waals surface area contributed by atoms with Gasteiger partial charge in [0, 0.05) is 0 Å². The van der Waals surface area contributed by atoms with Crippen LogP contribution in [0.3, 0.4) is 0 Å². The van der Waals surface area contributed by atoms with Gasteiger partial charge in [0.2, 0.25) is 17.7 Å². The summed E-state index contributed by atoms with van der Waals surface area (Å²) in [5.74, 6) is -2.65. The lowest BCUT2D eigenvalue weighted by Gasteiger charge is -2.19. The van der Waals surface area contributed by atoms with Crippen LogP contribution >= 0.6 is 11.8 Å². The SMILES string of the molecule is CSCC[C@H](NC(=O)[C@@H](N)CC(N)=O)C(=O)NCC(=O)O. The molecule has 0 aliphatic rings. The highest BCUT2D eigenvalue weighted by Crippen LogP contribution is 2.02. The van der Waals surface area contributed by atoms with Crippen molar-refractivity contribution in [3.63, 3.8) is 0 Å². The third kappa shape index (κ3) is 8.87. The molecule has 0 aromatic rings. The first-order valence-corrected chi connectivity index (χ1v) is 7.50. The fraction of sp³-hybridized carbons (Fsp3) is 0.636. The third-order valence-electron chi connectivity index (χ3n) is 2.42. The molecule has 21 heavy (non-hydrogen) atoms. The molecule has 120 valence electrons. The van der Waals surface area contributed by atoms with Crippen LogP contribution in [0.4, 0.5) is 0 Å². The summed E-state index contributed by atoms with van der Waals surface area (Å²) in [5.41, 5.74) is 10.4. The van der Waals surface area contributed by atoms with Crippen LogP contribution in [0, 0.1) is 0 Å². The molecule has 0 radical (unpaired) electrons. The number of carbonyl (C=O) groups is 4. The van der Waals surface area contributed by atoms with Crippen LogP contribution in [0.5, 0.6) is 0 Å². The minimum Gasteiger partial charge on any atom is -0.480 e. The van der Waals surface area contributed by atoms with E-state index in [1.54, 1.807) is 0 Å². The average molecular weight is 320 g/mol. The molecule has 0 spiro atoms. The van der Waals surface area contributed by atoms with Crippen molar-refractivity contribution in [3.8, 4) is 0 Å². The smallest absolute Gasteiger partial charge is 0.322 e. The lowest BCUT2D eigenvalue weighted by molar-refractivity contribution is -0.138. The minimum absolute atomic E-state index is 0.307. The zero-order valence-corrected chi connectivity index (χ0v) is 12.4. The summed E-state index contributed by atoms with van der Waals surface area (Å²) in [6.07, 6.45) is 1.80. The second-order valence-electron chi connectivity index (χ2n) is 4.23. The van der Waals surface area contributed by atoms with Gasteiger partial charge in [0.25, 0.3) is 0 Å². The van der Waals surface area contributed by atoms with Crippen molar-refractivity contribution in [2.75, 3.05) is 18.6 Å². The standard InChI is InChI=1S/C11H20N4O5S/c1-21-3-2-7(11(20)14-5-9(17)18)15-10(19)6(12)4-8(13)16/h6-7H,2-5,12H2,1H3,(H2,13,16)(H,14,20)(H,15,19)(H,17,18)/t6-,7-/m0/s1. The van der Waals surface area contributed by atoms with E-state index in [2.05, 4.69) is 10.6 Å². The number of nitrogens with one attached hydrogen (secondary N) is 2. The highest BCUT2D eigenvalue weighted by molar-refractivity contribution is 7.98. The molecule has 9 nitrogen and oxygen atoms in total. The number of carbonyl (C=O) groups excluding carboxylic acids is 3. The molecule has 0 aliphatic heterocycles. The molecule has 10 heteroatoms. The van der Waals surface area contributed by atoms with Crippen LogP contribution in [0.25, 0.3) is 0 Å². The molecule has 0 saturated heterocycles. The zero-order valence-electron chi connectivity index (χ0n) is 11.6. The van der Waals surface area contributed by atoms with Gasteiger partial charge >= 0.3 is 5.97 Å². The summed E-state index contributed by atoms with van der Waals surface area (Å²) < 4.78 is 0. The fourth-order valence-corrected chi connectivity index (χ4v) is 1.85. The summed E-state index contributed by atoms with van der Waals surface area (Å²) >= 11 is 1.46. The summed E-state index contributed by atoms with van der Waals surface area (Å²) in [6.45, 7) is -0.544. The number of nitrogens with two attached hydrogens (primary N) is 2. The molecule has 0 fully saturated rings. The van der Waals surface area contributed by atoms with Gasteiger partial charge < -0.3 is 27.2 Å². The van der Waals surface area contributed by atoms with Crippen molar-refractivity contribution in [2.45, 2.75) is 24.9 Å². The first kappa shape index (κ1) is 19.2. The molecule has 3 amide bonds. The van der Waals surface area contributed by atoms with Crippen molar-refractivity contribution in [1.82, 2.24) is 10.6 Å². The van der Waals surface area contributed by atoms with Crippen molar-refractivity contribution >= 4 is 35.5 Å². The van der Waals surface area contributed by atoms with Crippen molar-refractivity contribution in [2.24, 2.45) is 11.5 Å². The number of hydrogen-bond acceptors (Lipinski definition) is 6. The molecular formula is C11H20N4O5S. The number of primary amides is 1. The van der Waals surface area contributed by atoms with E-state index >= 15 is 0 Å². The highest BCUT2D eigenvalue weighted by Gasteiger charge is 2.24. The Morgan fingerprint density at radius 1 is 1.24 bits per heavy atom. The number of hydrogen-bond donors (Lipinski definition) is 5. The number of amides is 3. The van der Waals surface area contributed by atoms with Crippen molar-refractivity contribution in [1.29, 1.82) is 0 Å². The Morgan fingerprint density at radius 3 is 2.33 bits per heavy atom. The first-order valence-electron chi connectivity index (χ1n) is 6.10. The summed E-state index contributed by atoms with van der Waals surface area (Å²) in [7, 11) is 0. The predicted octanol–water partition coefficient (Wildman–Crippen LogP) is -2.37. The lowest BCUT2D eigenvalue weighted by Crippen LogP contribution is -2.53. The van der Waals surface area contributed by atoms with Gasteiger partial charge in [0.05, 0.1) is 12.5 Å². The fourth-order valence-electron chi connectivity index (χ4n) is 1.38. The summed E-state index contributed by atoms with van der Waals surface area (Å²) in [5, 5.41) is 13.1. The molecule has 0 bridgehead atoms. The van der Waals surface area contributed by atoms with E-state index in [9.17, 15) is 19.2 Å². The van der Waals surface area contributed by atoms with E-state index in [1.807, 2.05) is 6.26 Å². The molecule has 7 N–H and O–H groups in total. The van der Waals surface area contributed by atoms with Crippen LogP contribution in [-0.4, -0.2) is 59.4 Å². The van der Waals surface area contributed by atoms with Crippen LogP contribution in [0.2, 0.25) is 0 Å². The Bertz CT molecular complexity index is 404. The summed E-state index contributed by atoms with van der Waals surface area (Å²) in [6, 6.07) is -2.06. The van der Waals surface area contributed by atoms with Gasteiger partial charge in [-0.05, 0) is 18.4 Å². The number of carboxylic acid groups (broad SMARTS) is 1. The maximum atomic E-state index is 11.8. The van der Waals surface area contributed by atoms with E-state index in [1.165, 1.54) is 11.8 Å². The maximum Gasteiger partial charge on any atom is 0.322 e. The normalized spacial score (nSPS) is 13.0. The maximum absolute atomic E-state index is 11.8. The molecule has 0 unspecified atom stereocenters. The monoisotopic (exact) mass is 320 g/mol. The molecule has 0 saturated carbocycles. The predicted molar refractivity (Wildman–Crippen MR) is 77.4 cm³/mol. The van der Waals surface area contributed by atoms with Gasteiger partial charge in [-0.2, -0.15) is 11.8 Å². The van der Waals surface area contributed by atoms with Crippen molar-refractivity contribution in [3.05, 3.63) is 0 Å². The van der Waals surface area contributed by atoms with Gasteiger partial charge in [-0.1, -0.05) is 0 Å². The van der Waals surface area contributed by atoms with Crippen molar-refractivity contribution < 1.29 is 24.3 Å². The topological polar surface area (TPSA) is 165 Å². The number of rotatable bonds is 10. The Balaban J connectivity index is 4.59. The highest BCUT2D eigenvalue weighted by atomic mass is 32.2. The minimum atomic E-state index is -1.19. The molecule has 0 aliphatic carbocycles. The van der Waals surface area contributed by atoms with Crippen LogP contribution in [0.1, 0.15) is 12.8 Å². The third-order valence-corrected chi connectivity index (χ3v) is 3.06. The Hall–Kier alpha value is -1.81. The lowest BCUT2D eigenvalue weighted by atomic mass is 10.1. The van der Waals surface area contributed by atoms with E-state index in [4.69, 9.17) is 16.6 Å². The molecular weight excluding hydrogens is 300 g/mol. The van der Waals surface area contributed by atoms with Crippen LogP contribution in [0.15, 0.2) is 0 Å². The van der Waals surface area contributed by atoms with Crippen LogP contribution < -0.4 is 22.1 Å². The zero-order chi connectivity index (χ0) is 16.4. The molecule has 0 heterocycles. The second kappa shape index (κ2) is 10.00. The van der Waals surface area contributed by atoms with Gasteiger partial charge in [0.1, 0.15) is 12.6 Å². The van der Waals surface area contributed by atoms with E-state index < -0.39 is 42.3 Å². The van der Waals surface area contributed by atoms with Gasteiger partial charge in [-0.25, -0.2) is 0 Å². The average Bonchev–Trinajstić information content (AvgIpc) is 2.39. The molecule has 0 aromatic heterocycles. The van der Waals surface area contributed by atoms with Gasteiger partial charge in [0.15, 0.2) is 0 Å². The number of carboxylic acids is 1. The van der Waals surface area contributed by atoms with Gasteiger partial charge in [-0.3, -0.25) is 19.2 Å². The second-order valence-corrected chi connectivity index (χ2v) is 5.22. The molecule has 0 aromatic carbocycles. The van der Waals surface area contributed by atoms with E-state index in [0.29, 0.717) is 12.2 Å². The largest absolute Gasteiger partial charge is 0.480 e. The summed E-state index contributed by atoms with van der Waals surface area (Å²) in [4.78, 5) is 44.7. The number of aliphatic carboxylic acids is 1. The number of thioether (sulfide) groups is 1. The van der Waals surface area contributed by atoms with E-state index in [0.717, 1.165) is 0 Å². The molecule has 0 rings (SSSR count). The van der Waals surface area contributed by atoms with Gasteiger partial charge in [-0.15, -0.1) is 0 Å². The molecule has 2 atom stereocenters.